The summed E-state index contributed by atoms with van der Waals surface area (Å²) in [6, 6.07) is 28.0. The van der Waals surface area contributed by atoms with E-state index < -0.39 is 63.8 Å². The molecule has 0 radical (unpaired) electrons. The lowest BCUT2D eigenvalue weighted by molar-refractivity contribution is -0.130. The van der Waals surface area contributed by atoms with Crippen molar-refractivity contribution in [2.75, 3.05) is 38.2 Å². The standard InChI is InChI=1S/C37H39Cl3F2N2O5.C29H34Cl2N2O4.C8H6BrClF2O/c1-5-30-31(35(45)44(24-11-12-24)21-23-7-6-8-27(38)32(23)39)26(17-18-43(30)36(46)49-37(2,3)4)22-9-13-25(14-10-22)47-19-20-48-34-29(42)16-15-28(41)33(34)40;1-5-24-25(27(35)33(20-11-12-20)17-19-7-6-8-23(30)26(19)31)22(18-9-13-21(34)14-10-18)15-16-32(24)28(36)37-29(2,3)4;9-3-4-13-8-6(12)2-1-5(11)7(8)10/h6-10,13-16,24,30H,5,11-12,17-21H2,1-4H3;6-10,13-14,20,24,34H,5,11-12,15-17H2,1-4H3;1-2H,3-4H2/t30-;24-;/m11./s1. The van der Waals surface area contributed by atoms with Crippen LogP contribution < -0.4 is 14.2 Å². The predicted molar refractivity (Wildman–Crippen MR) is 385 cm³/mol. The van der Waals surface area contributed by atoms with E-state index in [0.717, 1.165) is 83.3 Å². The van der Waals surface area contributed by atoms with Crippen molar-refractivity contribution in [3.05, 3.63) is 196 Å². The van der Waals surface area contributed by atoms with Gasteiger partial charge in [0.25, 0.3) is 11.8 Å². The number of ether oxygens (including phenoxy) is 5. The van der Waals surface area contributed by atoms with Gasteiger partial charge in [-0.25, -0.2) is 27.2 Å². The zero-order chi connectivity index (χ0) is 72.2. The third-order valence-electron chi connectivity index (χ3n) is 16.4. The van der Waals surface area contributed by atoms with Gasteiger partial charge in [0, 0.05) is 54.7 Å². The number of phenolic OH excluding ortho intramolecular Hbond substituents is 1. The first-order valence-corrected chi connectivity index (χ1v) is 35.9. The van der Waals surface area contributed by atoms with Crippen molar-refractivity contribution < 1.29 is 65.5 Å². The molecule has 2 saturated carbocycles. The third-order valence-corrected chi connectivity index (χ3v) is 19.1. The Morgan fingerprint density at radius 1 is 0.515 bits per heavy atom. The van der Waals surface area contributed by atoms with Crippen LogP contribution in [0.15, 0.2) is 120 Å². The molecule has 14 nitrogen and oxygen atoms in total. The average Bonchev–Trinajstić information content (AvgIpc) is 1.61. The molecule has 0 bridgehead atoms. The van der Waals surface area contributed by atoms with Crippen LogP contribution in [-0.2, 0) is 32.2 Å². The molecule has 0 saturated heterocycles. The summed E-state index contributed by atoms with van der Waals surface area (Å²) in [5, 5.41) is 11.4. The second-order valence-corrected chi connectivity index (χ2v) is 29.0. The van der Waals surface area contributed by atoms with E-state index in [9.17, 15) is 41.8 Å². The first-order valence-electron chi connectivity index (χ1n) is 32.5. The number of hydrogen-bond donors (Lipinski definition) is 1. The largest absolute Gasteiger partial charge is 0.508 e. The highest BCUT2D eigenvalue weighted by molar-refractivity contribution is 9.09. The number of phenols is 1. The minimum absolute atomic E-state index is 0.0411. The van der Waals surface area contributed by atoms with Crippen LogP contribution in [0, 0.1) is 23.3 Å². The van der Waals surface area contributed by atoms with Crippen LogP contribution in [0.2, 0.25) is 30.1 Å². The first kappa shape index (κ1) is 78.1. The Labute approximate surface area is 614 Å². The molecule has 6 aromatic carbocycles. The minimum Gasteiger partial charge on any atom is -0.508 e. The van der Waals surface area contributed by atoms with Gasteiger partial charge in [0.05, 0.1) is 38.8 Å². The van der Waals surface area contributed by atoms with E-state index in [0.29, 0.717) is 87.6 Å². The van der Waals surface area contributed by atoms with E-state index >= 15 is 0 Å². The summed E-state index contributed by atoms with van der Waals surface area (Å²) >= 11 is 40.1. The highest BCUT2D eigenvalue weighted by Gasteiger charge is 2.45. The lowest BCUT2D eigenvalue weighted by Crippen LogP contribution is -2.50. The number of carbonyl (C=O) groups is 4. The van der Waals surface area contributed by atoms with Crippen molar-refractivity contribution in [1.29, 1.82) is 0 Å². The molecular formula is C74H79BrCl6F4N4O10. The van der Waals surface area contributed by atoms with Crippen molar-refractivity contribution >= 4 is 121 Å². The average molecular weight is 1550 g/mol. The molecule has 0 aromatic heterocycles. The fraction of sp³-hybridized carbons (Fsp3) is 0.405. The van der Waals surface area contributed by atoms with Crippen LogP contribution in [-0.4, -0.2) is 122 Å². The normalized spacial score (nSPS) is 16.2. The topological polar surface area (TPSA) is 148 Å². The molecule has 2 aliphatic carbocycles. The number of aromatic hydroxyl groups is 1. The predicted octanol–water partition coefficient (Wildman–Crippen LogP) is 20.2. The van der Waals surface area contributed by atoms with Crippen LogP contribution in [0.3, 0.4) is 0 Å². The lowest BCUT2D eigenvalue weighted by Gasteiger charge is -2.40. The third kappa shape index (κ3) is 20.6. The van der Waals surface area contributed by atoms with Crippen molar-refractivity contribution in [2.24, 2.45) is 0 Å². The van der Waals surface area contributed by atoms with Gasteiger partial charge in [-0.1, -0.05) is 148 Å². The maximum atomic E-state index is 14.7. The molecule has 99 heavy (non-hydrogen) atoms. The van der Waals surface area contributed by atoms with E-state index in [4.69, 9.17) is 93.3 Å². The monoisotopic (exact) mass is 1550 g/mol. The summed E-state index contributed by atoms with van der Waals surface area (Å²) in [6.45, 7) is 16.5. The fourth-order valence-electron chi connectivity index (χ4n) is 11.5. The summed E-state index contributed by atoms with van der Waals surface area (Å²) in [5.41, 5.74) is 4.72. The highest BCUT2D eigenvalue weighted by Crippen LogP contribution is 2.43. The minimum atomic E-state index is -0.780. The molecular weight excluding hydrogens is 1470 g/mol. The van der Waals surface area contributed by atoms with Gasteiger partial charge in [0.2, 0.25) is 0 Å². The molecule has 25 heteroatoms. The van der Waals surface area contributed by atoms with Gasteiger partial charge < -0.3 is 48.4 Å². The molecule has 4 aliphatic rings. The number of amides is 4. The number of nitrogens with zero attached hydrogens (tertiary/aromatic N) is 4. The zero-order valence-corrected chi connectivity index (χ0v) is 62.2. The number of hydrogen-bond acceptors (Lipinski definition) is 10. The maximum absolute atomic E-state index is 14.7. The smallest absolute Gasteiger partial charge is 0.410 e. The number of alkyl halides is 1. The summed E-state index contributed by atoms with van der Waals surface area (Å²) in [4.78, 5) is 62.9. The fourth-order valence-corrected chi connectivity index (χ4v) is 12.8. The van der Waals surface area contributed by atoms with Crippen LogP contribution >= 0.6 is 85.5 Å². The highest BCUT2D eigenvalue weighted by atomic mass is 79.9. The van der Waals surface area contributed by atoms with Crippen molar-refractivity contribution in [3.63, 3.8) is 0 Å². The second kappa shape index (κ2) is 34.9. The molecule has 4 amide bonds. The molecule has 1 N–H and O–H groups in total. The molecule has 2 atom stereocenters. The Bertz CT molecular complexity index is 3940. The molecule has 532 valence electrons. The number of halogens is 11. The van der Waals surface area contributed by atoms with Crippen LogP contribution in [0.1, 0.15) is 129 Å². The first-order chi connectivity index (χ1) is 46.9. The van der Waals surface area contributed by atoms with Gasteiger partial charge in [0.15, 0.2) is 23.1 Å². The molecule has 2 aliphatic heterocycles. The molecule has 2 fully saturated rings. The Balaban J connectivity index is 0.000000219. The molecule has 10 rings (SSSR count). The van der Waals surface area contributed by atoms with Gasteiger partial charge in [-0.3, -0.25) is 9.59 Å². The quantitative estimate of drug-likeness (QED) is 0.0339. The van der Waals surface area contributed by atoms with Gasteiger partial charge in [-0.05, 0) is 187 Å². The SMILES string of the molecule is CC[C@@H]1C(C(=O)N(Cc2cccc(Cl)c2Cl)C2CC2)=C(c2ccc(O)cc2)CCN1C(=O)OC(C)(C)C.CC[C@@H]1C(C(=O)N(Cc2cccc(Cl)c2Cl)C2CC2)=C(c2ccc(OCCOc3c(F)ccc(F)c3Cl)cc2)CCN1C(=O)OC(C)(C)C.Fc1ccc(F)c(OCCBr)c1Cl. The Kier molecular flexibility index (Phi) is 27.5. The van der Waals surface area contributed by atoms with Crippen LogP contribution in [0.5, 0.6) is 23.0 Å². The summed E-state index contributed by atoms with van der Waals surface area (Å²) in [6.07, 6.45) is 4.65. The van der Waals surface area contributed by atoms with Crippen molar-refractivity contribution in [3.8, 4) is 23.0 Å². The van der Waals surface area contributed by atoms with E-state index in [1.807, 2.05) is 114 Å². The van der Waals surface area contributed by atoms with Gasteiger partial charge in [0.1, 0.15) is 57.6 Å². The van der Waals surface area contributed by atoms with Crippen molar-refractivity contribution in [2.45, 2.75) is 155 Å². The summed E-state index contributed by atoms with van der Waals surface area (Å²) in [7, 11) is 0. The summed E-state index contributed by atoms with van der Waals surface area (Å²) in [5.74, 6) is -3.10. The van der Waals surface area contributed by atoms with Crippen molar-refractivity contribution in [1.82, 2.24) is 19.6 Å². The molecule has 0 spiro atoms. The van der Waals surface area contributed by atoms with Gasteiger partial charge in [-0.15, -0.1) is 0 Å². The van der Waals surface area contributed by atoms with Crippen LogP contribution in [0.4, 0.5) is 27.2 Å². The zero-order valence-electron chi connectivity index (χ0n) is 56.1. The molecule has 0 unspecified atom stereocenters. The second-order valence-electron chi connectivity index (χ2n) is 25.9. The number of benzene rings is 6. The Morgan fingerprint density at radius 2 is 0.889 bits per heavy atom. The van der Waals surface area contributed by atoms with E-state index in [-0.39, 0.29) is 72.5 Å². The number of rotatable bonds is 20. The number of carbonyl (C=O) groups excluding carboxylic acids is 4. The van der Waals surface area contributed by atoms with Gasteiger partial charge in [-0.2, -0.15) is 0 Å². The van der Waals surface area contributed by atoms with Gasteiger partial charge >= 0.3 is 12.2 Å². The summed E-state index contributed by atoms with van der Waals surface area (Å²) < 4.78 is 81.0. The van der Waals surface area contributed by atoms with E-state index in [2.05, 4.69) is 15.9 Å². The lowest BCUT2D eigenvalue weighted by atomic mass is 9.86. The molecule has 2 heterocycles. The Morgan fingerprint density at radius 3 is 1.26 bits per heavy atom. The van der Waals surface area contributed by atoms with Crippen LogP contribution in [0.25, 0.3) is 11.1 Å². The van der Waals surface area contributed by atoms with E-state index in [1.54, 1.807) is 46.2 Å². The Hall–Kier alpha value is -6.58. The molecule has 6 aromatic rings. The maximum Gasteiger partial charge on any atom is 0.410 e. The van der Waals surface area contributed by atoms with E-state index in [1.165, 1.54) is 0 Å².